The van der Waals surface area contributed by atoms with Crippen LogP contribution in [0.15, 0.2) is 54.6 Å². The molecule has 1 N–H and O–H groups in total. The lowest BCUT2D eigenvalue weighted by Crippen LogP contribution is -2.61. The van der Waals surface area contributed by atoms with Crippen molar-refractivity contribution in [2.75, 3.05) is 27.2 Å². The number of hydrogen-bond acceptors (Lipinski definition) is 5. The Bertz CT molecular complexity index is 963. The summed E-state index contributed by atoms with van der Waals surface area (Å²) in [5.41, 5.74) is 1.61. The Hall–Kier alpha value is -2.86. The number of rotatable bonds is 5. The molecule has 0 bridgehead atoms. The molecule has 32 heavy (non-hydrogen) atoms. The van der Waals surface area contributed by atoms with E-state index >= 15 is 0 Å². The van der Waals surface area contributed by atoms with Crippen molar-refractivity contribution in [1.82, 2.24) is 10.2 Å². The SMILES string of the molecule is COc1cccc(C23CCN(C)CC2C(OC(C)=O)CC(NC(=O)c2ccccc2)C3)c1. The summed E-state index contributed by atoms with van der Waals surface area (Å²) in [5, 5.41) is 3.23. The zero-order valence-corrected chi connectivity index (χ0v) is 19.0. The molecule has 1 aliphatic heterocycles. The summed E-state index contributed by atoms with van der Waals surface area (Å²) in [7, 11) is 3.79. The van der Waals surface area contributed by atoms with Crippen LogP contribution < -0.4 is 10.1 Å². The molecule has 1 aliphatic carbocycles. The molecule has 2 aromatic carbocycles. The molecule has 1 heterocycles. The maximum absolute atomic E-state index is 12.9. The van der Waals surface area contributed by atoms with Crippen LogP contribution in [0.2, 0.25) is 0 Å². The molecule has 4 rings (SSSR count). The van der Waals surface area contributed by atoms with Gasteiger partial charge in [-0.05, 0) is 56.3 Å². The van der Waals surface area contributed by atoms with Crippen molar-refractivity contribution >= 4 is 11.9 Å². The van der Waals surface area contributed by atoms with Crippen LogP contribution >= 0.6 is 0 Å². The zero-order valence-electron chi connectivity index (χ0n) is 19.0. The van der Waals surface area contributed by atoms with Crippen LogP contribution in [0.25, 0.3) is 0 Å². The normalized spacial score (nSPS) is 27.8. The molecule has 0 aromatic heterocycles. The number of methoxy groups -OCH3 is 1. The second-order valence-electron chi connectivity index (χ2n) is 9.13. The molecular formula is C26H32N2O4. The van der Waals surface area contributed by atoms with E-state index in [1.165, 1.54) is 12.5 Å². The quantitative estimate of drug-likeness (QED) is 0.728. The fourth-order valence-corrected chi connectivity index (χ4v) is 5.59. The molecule has 170 valence electrons. The first-order valence-electron chi connectivity index (χ1n) is 11.3. The summed E-state index contributed by atoms with van der Waals surface area (Å²) >= 11 is 0. The predicted octanol–water partition coefficient (Wildman–Crippen LogP) is 3.41. The van der Waals surface area contributed by atoms with Crippen LogP contribution in [-0.2, 0) is 14.9 Å². The standard InChI is InChI=1S/C26H32N2O4/c1-18(29)32-24-15-21(27-25(30)19-8-5-4-6-9-19)16-26(12-13-28(2)17-23(24)26)20-10-7-11-22(14-20)31-3/h4-11,14,21,23-24H,12-13,15-17H2,1-3H3,(H,27,30). The Morgan fingerprint density at radius 1 is 1.12 bits per heavy atom. The van der Waals surface area contributed by atoms with Gasteiger partial charge in [0.05, 0.1) is 7.11 Å². The largest absolute Gasteiger partial charge is 0.497 e. The molecule has 6 heteroatoms. The van der Waals surface area contributed by atoms with Crippen LogP contribution in [0.5, 0.6) is 5.75 Å². The second-order valence-corrected chi connectivity index (χ2v) is 9.13. The Balaban J connectivity index is 1.70. The average Bonchev–Trinajstić information content (AvgIpc) is 2.80. The molecule has 2 fully saturated rings. The minimum Gasteiger partial charge on any atom is -0.497 e. The Morgan fingerprint density at radius 3 is 2.62 bits per heavy atom. The van der Waals surface area contributed by atoms with Crippen molar-refractivity contribution in [3.63, 3.8) is 0 Å². The van der Waals surface area contributed by atoms with Crippen LogP contribution in [0.3, 0.4) is 0 Å². The Morgan fingerprint density at radius 2 is 1.91 bits per heavy atom. The van der Waals surface area contributed by atoms with Crippen molar-refractivity contribution in [3.8, 4) is 5.75 Å². The number of esters is 1. The summed E-state index contributed by atoms with van der Waals surface area (Å²) in [6.45, 7) is 3.25. The van der Waals surface area contributed by atoms with Crippen molar-refractivity contribution in [2.24, 2.45) is 5.92 Å². The lowest BCUT2D eigenvalue weighted by atomic mass is 9.57. The van der Waals surface area contributed by atoms with Crippen molar-refractivity contribution in [3.05, 3.63) is 65.7 Å². The number of fused-ring (bicyclic) bond motifs is 1. The van der Waals surface area contributed by atoms with Gasteiger partial charge in [-0.1, -0.05) is 30.3 Å². The fraction of sp³-hybridized carbons (Fsp3) is 0.462. The summed E-state index contributed by atoms with van der Waals surface area (Å²) in [6, 6.07) is 17.4. The summed E-state index contributed by atoms with van der Waals surface area (Å²) in [4.78, 5) is 27.3. The molecule has 0 spiro atoms. The van der Waals surface area contributed by atoms with E-state index in [9.17, 15) is 9.59 Å². The number of ether oxygens (including phenoxy) is 2. The summed E-state index contributed by atoms with van der Waals surface area (Å²) in [5.74, 6) is 0.582. The number of piperidine rings is 1. The third kappa shape index (κ3) is 4.51. The van der Waals surface area contributed by atoms with Gasteiger partial charge < -0.3 is 19.7 Å². The Labute approximate surface area is 189 Å². The highest BCUT2D eigenvalue weighted by molar-refractivity contribution is 5.94. The average molecular weight is 437 g/mol. The van der Waals surface area contributed by atoms with Gasteiger partial charge in [0.2, 0.25) is 0 Å². The maximum Gasteiger partial charge on any atom is 0.302 e. The van der Waals surface area contributed by atoms with Gasteiger partial charge in [-0.3, -0.25) is 9.59 Å². The summed E-state index contributed by atoms with van der Waals surface area (Å²) < 4.78 is 11.4. The molecule has 6 nitrogen and oxygen atoms in total. The smallest absolute Gasteiger partial charge is 0.302 e. The first kappa shape index (κ1) is 22.3. The van der Waals surface area contributed by atoms with Gasteiger partial charge in [0.15, 0.2) is 0 Å². The van der Waals surface area contributed by atoms with Crippen molar-refractivity contribution in [2.45, 2.75) is 43.7 Å². The van der Waals surface area contributed by atoms with Crippen LogP contribution in [0.4, 0.5) is 0 Å². The highest BCUT2D eigenvalue weighted by atomic mass is 16.5. The van der Waals surface area contributed by atoms with E-state index in [1.807, 2.05) is 42.5 Å². The van der Waals surface area contributed by atoms with E-state index in [4.69, 9.17) is 9.47 Å². The molecule has 4 unspecified atom stereocenters. The number of nitrogens with zero attached hydrogens (tertiary/aromatic N) is 1. The number of nitrogens with one attached hydrogen (secondary N) is 1. The lowest BCUT2D eigenvalue weighted by Gasteiger charge is -2.55. The highest BCUT2D eigenvalue weighted by Gasteiger charge is 2.53. The summed E-state index contributed by atoms with van der Waals surface area (Å²) in [6.07, 6.45) is 2.07. The number of amides is 1. The Kier molecular flexibility index (Phi) is 6.51. The van der Waals surface area contributed by atoms with Gasteiger partial charge in [0, 0.05) is 42.8 Å². The molecule has 1 saturated heterocycles. The van der Waals surface area contributed by atoms with Gasteiger partial charge in [0.25, 0.3) is 5.91 Å². The fourth-order valence-electron chi connectivity index (χ4n) is 5.59. The number of likely N-dealkylation sites (tertiary alicyclic amines) is 1. The number of hydrogen-bond donors (Lipinski definition) is 1. The third-order valence-electron chi connectivity index (χ3n) is 7.07. The third-order valence-corrected chi connectivity index (χ3v) is 7.07. The molecular weight excluding hydrogens is 404 g/mol. The monoisotopic (exact) mass is 436 g/mol. The maximum atomic E-state index is 12.9. The first-order chi connectivity index (χ1) is 15.4. The second kappa shape index (κ2) is 9.33. The zero-order chi connectivity index (χ0) is 22.7. The molecule has 1 saturated carbocycles. The minimum atomic E-state index is -0.280. The molecule has 4 atom stereocenters. The lowest BCUT2D eigenvalue weighted by molar-refractivity contribution is -0.156. The molecule has 0 radical (unpaired) electrons. The number of carbonyl (C=O) groups is 2. The van der Waals surface area contributed by atoms with Crippen LogP contribution in [0.1, 0.15) is 42.1 Å². The number of benzene rings is 2. The van der Waals surface area contributed by atoms with E-state index in [1.54, 1.807) is 7.11 Å². The minimum absolute atomic E-state index is 0.0932. The topological polar surface area (TPSA) is 67.9 Å². The van der Waals surface area contributed by atoms with Gasteiger partial charge in [-0.15, -0.1) is 0 Å². The van der Waals surface area contributed by atoms with Gasteiger partial charge >= 0.3 is 5.97 Å². The van der Waals surface area contributed by atoms with Crippen molar-refractivity contribution < 1.29 is 19.1 Å². The van der Waals surface area contributed by atoms with E-state index in [-0.39, 0.29) is 35.4 Å². The van der Waals surface area contributed by atoms with E-state index in [2.05, 4.69) is 29.4 Å². The molecule has 2 aromatic rings. The van der Waals surface area contributed by atoms with E-state index in [0.717, 1.165) is 31.7 Å². The molecule has 2 aliphatic rings. The molecule has 1 amide bonds. The highest BCUT2D eigenvalue weighted by Crippen LogP contribution is 2.50. The predicted molar refractivity (Wildman–Crippen MR) is 123 cm³/mol. The van der Waals surface area contributed by atoms with Gasteiger partial charge in [-0.25, -0.2) is 0 Å². The van der Waals surface area contributed by atoms with E-state index in [0.29, 0.717) is 12.0 Å². The van der Waals surface area contributed by atoms with E-state index < -0.39 is 0 Å². The van der Waals surface area contributed by atoms with Crippen LogP contribution in [0, 0.1) is 5.92 Å². The number of carbonyl (C=O) groups excluding carboxylic acids is 2. The first-order valence-corrected chi connectivity index (χ1v) is 11.3. The van der Waals surface area contributed by atoms with Gasteiger partial charge in [-0.2, -0.15) is 0 Å². The van der Waals surface area contributed by atoms with Crippen molar-refractivity contribution in [1.29, 1.82) is 0 Å². The van der Waals surface area contributed by atoms with Crippen LogP contribution in [-0.4, -0.2) is 56.2 Å². The van der Waals surface area contributed by atoms with Gasteiger partial charge in [0.1, 0.15) is 11.9 Å².